The number of para-hydroxylation sites is 1. The first-order chi connectivity index (χ1) is 9.31. The largest absolute Gasteiger partial charge is 0.323 e. The maximum Gasteiger partial charge on any atom is 0.257 e. The molecule has 94 valence electrons. The first kappa shape index (κ1) is 11.6. The lowest BCUT2D eigenvalue weighted by atomic mass is 10.1. The van der Waals surface area contributed by atoms with E-state index >= 15 is 0 Å². The normalized spacial score (nSPS) is 18.5. The molecular formula is C14H12N4O. The van der Waals surface area contributed by atoms with Gasteiger partial charge in [0.05, 0.1) is 17.1 Å². The van der Waals surface area contributed by atoms with E-state index in [0.717, 1.165) is 12.8 Å². The topological polar surface area (TPSA) is 69.9 Å². The number of rotatable bonds is 1. The number of amides is 1. The van der Waals surface area contributed by atoms with Gasteiger partial charge in [-0.3, -0.25) is 14.8 Å². The van der Waals surface area contributed by atoms with E-state index in [1.165, 1.54) is 0 Å². The van der Waals surface area contributed by atoms with Crippen molar-refractivity contribution in [3.63, 3.8) is 0 Å². The predicted molar refractivity (Wildman–Crippen MR) is 69.2 cm³/mol. The van der Waals surface area contributed by atoms with Gasteiger partial charge in [0.15, 0.2) is 0 Å². The van der Waals surface area contributed by atoms with Gasteiger partial charge in [0.2, 0.25) is 0 Å². The number of benzene rings is 1. The summed E-state index contributed by atoms with van der Waals surface area (Å²) >= 11 is 0. The molecule has 2 heterocycles. The van der Waals surface area contributed by atoms with E-state index in [1.54, 1.807) is 29.4 Å². The summed E-state index contributed by atoms with van der Waals surface area (Å²) in [6, 6.07) is 7.22. The summed E-state index contributed by atoms with van der Waals surface area (Å²) in [6.45, 7) is 0.633. The maximum atomic E-state index is 12.5. The molecule has 1 atom stereocenters. The van der Waals surface area contributed by atoms with E-state index in [9.17, 15) is 4.79 Å². The van der Waals surface area contributed by atoms with Crippen LogP contribution in [0.15, 0.2) is 30.6 Å². The second-order valence-electron chi connectivity index (χ2n) is 4.52. The van der Waals surface area contributed by atoms with Gasteiger partial charge in [-0.2, -0.15) is 5.26 Å². The molecule has 2 aromatic rings. The van der Waals surface area contributed by atoms with Crippen molar-refractivity contribution < 1.29 is 4.79 Å². The third-order valence-electron chi connectivity index (χ3n) is 3.39. The summed E-state index contributed by atoms with van der Waals surface area (Å²) in [5.74, 6) is -0.129. The molecule has 1 aliphatic heterocycles. The number of likely N-dealkylation sites (tertiary alicyclic amines) is 1. The fourth-order valence-electron chi connectivity index (χ4n) is 2.46. The maximum absolute atomic E-state index is 12.5. The second kappa shape index (κ2) is 4.65. The van der Waals surface area contributed by atoms with Crippen molar-refractivity contribution in [3.05, 3.63) is 36.2 Å². The molecule has 3 rings (SSSR count). The molecule has 0 saturated carbocycles. The summed E-state index contributed by atoms with van der Waals surface area (Å²) < 4.78 is 0. The van der Waals surface area contributed by atoms with Crippen LogP contribution in [0.5, 0.6) is 0 Å². The van der Waals surface area contributed by atoms with Gasteiger partial charge in [0, 0.05) is 18.9 Å². The third kappa shape index (κ3) is 1.91. The van der Waals surface area contributed by atoms with E-state index in [4.69, 9.17) is 5.26 Å². The van der Waals surface area contributed by atoms with Crippen molar-refractivity contribution in [2.75, 3.05) is 6.54 Å². The van der Waals surface area contributed by atoms with Crippen molar-refractivity contribution in [2.24, 2.45) is 0 Å². The van der Waals surface area contributed by atoms with Gasteiger partial charge in [0.25, 0.3) is 5.91 Å². The average Bonchev–Trinajstić information content (AvgIpc) is 2.94. The van der Waals surface area contributed by atoms with Crippen molar-refractivity contribution in [1.29, 1.82) is 5.26 Å². The second-order valence-corrected chi connectivity index (χ2v) is 4.52. The molecule has 1 aliphatic rings. The highest BCUT2D eigenvalue weighted by molar-refractivity contribution is 6.04. The molecule has 0 spiro atoms. The lowest BCUT2D eigenvalue weighted by Gasteiger charge is -2.19. The molecule has 0 radical (unpaired) electrons. The Labute approximate surface area is 110 Å². The summed E-state index contributed by atoms with van der Waals surface area (Å²) in [5.41, 5.74) is 1.81. The lowest BCUT2D eigenvalue weighted by Crippen LogP contribution is -2.34. The van der Waals surface area contributed by atoms with E-state index in [-0.39, 0.29) is 11.9 Å². The van der Waals surface area contributed by atoms with Crippen LogP contribution in [-0.2, 0) is 0 Å². The molecule has 1 unspecified atom stereocenters. The van der Waals surface area contributed by atoms with Gasteiger partial charge in [-0.1, -0.05) is 6.07 Å². The number of carbonyl (C=O) groups excluding carboxylic acids is 1. The Bertz CT molecular complexity index is 671. The first-order valence-corrected chi connectivity index (χ1v) is 6.21. The van der Waals surface area contributed by atoms with E-state index in [0.29, 0.717) is 23.1 Å². The molecular weight excluding hydrogens is 240 g/mol. The molecule has 0 aliphatic carbocycles. The quantitative estimate of drug-likeness (QED) is 0.775. The van der Waals surface area contributed by atoms with Crippen LogP contribution in [0.2, 0.25) is 0 Å². The minimum Gasteiger partial charge on any atom is -0.323 e. The van der Waals surface area contributed by atoms with Gasteiger partial charge < -0.3 is 4.90 Å². The summed E-state index contributed by atoms with van der Waals surface area (Å²) in [4.78, 5) is 22.6. The molecule has 0 N–H and O–H groups in total. The molecule has 1 aromatic heterocycles. The molecule has 1 aromatic carbocycles. The summed E-state index contributed by atoms with van der Waals surface area (Å²) in [6.07, 6.45) is 4.80. The Morgan fingerprint density at radius 2 is 2.21 bits per heavy atom. The molecule has 19 heavy (non-hydrogen) atoms. The highest BCUT2D eigenvalue weighted by Crippen LogP contribution is 2.22. The monoisotopic (exact) mass is 252 g/mol. The van der Waals surface area contributed by atoms with Crippen molar-refractivity contribution in [1.82, 2.24) is 14.9 Å². The molecule has 1 amide bonds. The standard InChI is InChI=1S/C14H12N4O/c15-9-10-3-2-8-18(10)14(19)11-4-1-5-12-13(11)17-7-6-16-12/h1,4-7,10H,2-3,8H2. The number of nitrogens with zero attached hydrogens (tertiary/aromatic N) is 4. The SMILES string of the molecule is N#CC1CCCN1C(=O)c1cccc2nccnc12. The van der Waals surface area contributed by atoms with Gasteiger partial charge >= 0.3 is 0 Å². The zero-order chi connectivity index (χ0) is 13.2. The molecule has 5 nitrogen and oxygen atoms in total. The van der Waals surface area contributed by atoms with Gasteiger partial charge in [-0.15, -0.1) is 0 Å². The fraction of sp³-hybridized carbons (Fsp3) is 0.286. The number of aromatic nitrogens is 2. The van der Waals surface area contributed by atoms with Gasteiger partial charge in [-0.05, 0) is 25.0 Å². The smallest absolute Gasteiger partial charge is 0.257 e. The van der Waals surface area contributed by atoms with Crippen LogP contribution in [0.25, 0.3) is 11.0 Å². The molecule has 5 heteroatoms. The zero-order valence-electron chi connectivity index (χ0n) is 10.3. The fourth-order valence-corrected chi connectivity index (χ4v) is 2.46. The van der Waals surface area contributed by atoms with Crippen LogP contribution in [0.1, 0.15) is 23.2 Å². The third-order valence-corrected chi connectivity index (χ3v) is 3.39. The summed E-state index contributed by atoms with van der Waals surface area (Å²) in [5, 5.41) is 9.07. The highest BCUT2D eigenvalue weighted by atomic mass is 16.2. The van der Waals surface area contributed by atoms with E-state index in [1.807, 2.05) is 6.07 Å². The van der Waals surface area contributed by atoms with Crippen LogP contribution in [0, 0.1) is 11.3 Å². The number of fused-ring (bicyclic) bond motifs is 1. The molecule has 1 saturated heterocycles. The first-order valence-electron chi connectivity index (χ1n) is 6.21. The summed E-state index contributed by atoms with van der Waals surface area (Å²) in [7, 11) is 0. The Balaban J connectivity index is 2.05. The van der Waals surface area contributed by atoms with Crippen molar-refractivity contribution in [2.45, 2.75) is 18.9 Å². The van der Waals surface area contributed by atoms with E-state index < -0.39 is 0 Å². The van der Waals surface area contributed by atoms with Crippen LogP contribution in [-0.4, -0.2) is 33.4 Å². The minimum absolute atomic E-state index is 0.129. The van der Waals surface area contributed by atoms with Gasteiger partial charge in [-0.25, -0.2) is 0 Å². The zero-order valence-corrected chi connectivity index (χ0v) is 10.3. The van der Waals surface area contributed by atoms with Crippen LogP contribution in [0.4, 0.5) is 0 Å². The Morgan fingerprint density at radius 3 is 3.05 bits per heavy atom. The van der Waals surface area contributed by atoms with Crippen molar-refractivity contribution >= 4 is 16.9 Å². The Kier molecular flexibility index (Phi) is 2.84. The predicted octanol–water partition coefficient (Wildman–Crippen LogP) is 1.76. The minimum atomic E-state index is -0.320. The van der Waals surface area contributed by atoms with Crippen LogP contribution in [0.3, 0.4) is 0 Å². The van der Waals surface area contributed by atoms with Crippen LogP contribution >= 0.6 is 0 Å². The van der Waals surface area contributed by atoms with E-state index in [2.05, 4.69) is 16.0 Å². The van der Waals surface area contributed by atoms with Crippen molar-refractivity contribution in [3.8, 4) is 6.07 Å². The highest BCUT2D eigenvalue weighted by Gasteiger charge is 2.30. The molecule has 0 bridgehead atoms. The number of hydrogen-bond donors (Lipinski definition) is 0. The molecule has 1 fully saturated rings. The van der Waals surface area contributed by atoms with Crippen LogP contribution < -0.4 is 0 Å². The lowest BCUT2D eigenvalue weighted by molar-refractivity contribution is 0.0766. The Hall–Kier alpha value is -2.48. The number of nitriles is 1. The Morgan fingerprint density at radius 1 is 1.37 bits per heavy atom. The number of carbonyl (C=O) groups is 1. The number of hydrogen-bond acceptors (Lipinski definition) is 4. The average molecular weight is 252 g/mol. The van der Waals surface area contributed by atoms with Gasteiger partial charge in [0.1, 0.15) is 11.6 Å².